The Morgan fingerprint density at radius 3 is 2.50 bits per heavy atom. The molecule has 0 radical (unpaired) electrons. The minimum atomic E-state index is -2.86. The number of rotatable bonds is 6. The number of thioether (sulfide) groups is 1. The standard InChI is InChI=1S/C7H17NO2S2/c1-7(5-8)6-12(9,10)4-3-11-2/h7H,3-6,8H2,1-2H3. The fourth-order valence-corrected chi connectivity index (χ4v) is 3.65. The normalized spacial score (nSPS) is 14.6. The van der Waals surface area contributed by atoms with Gasteiger partial charge in [0.2, 0.25) is 0 Å². The second kappa shape index (κ2) is 5.83. The lowest BCUT2D eigenvalue weighted by molar-refractivity contribution is 0.575. The predicted molar refractivity (Wildman–Crippen MR) is 55.3 cm³/mol. The summed E-state index contributed by atoms with van der Waals surface area (Å²) >= 11 is 1.55. The van der Waals surface area contributed by atoms with Crippen molar-refractivity contribution in [2.24, 2.45) is 11.7 Å². The molecule has 0 amide bonds. The average molecular weight is 211 g/mol. The van der Waals surface area contributed by atoms with Gasteiger partial charge in [0.15, 0.2) is 9.84 Å². The second-order valence-electron chi connectivity index (χ2n) is 2.95. The lowest BCUT2D eigenvalue weighted by Crippen LogP contribution is -2.23. The van der Waals surface area contributed by atoms with Gasteiger partial charge in [-0.1, -0.05) is 6.92 Å². The molecule has 0 aliphatic heterocycles. The molecule has 0 saturated carbocycles. The molecule has 0 bridgehead atoms. The smallest absolute Gasteiger partial charge is 0.151 e. The Hall–Kier alpha value is 0.260. The van der Waals surface area contributed by atoms with Crippen LogP contribution in [-0.2, 0) is 9.84 Å². The predicted octanol–water partition coefficient (Wildman–Crippen LogP) is 0.359. The average Bonchev–Trinajstić information content (AvgIpc) is 2.00. The molecule has 1 atom stereocenters. The fraction of sp³-hybridized carbons (Fsp3) is 1.00. The quantitative estimate of drug-likeness (QED) is 0.689. The van der Waals surface area contributed by atoms with E-state index < -0.39 is 9.84 Å². The Balaban J connectivity index is 3.88. The summed E-state index contributed by atoms with van der Waals surface area (Å²) in [4.78, 5) is 0. The topological polar surface area (TPSA) is 60.2 Å². The molecule has 0 rings (SSSR count). The zero-order valence-corrected chi connectivity index (χ0v) is 9.25. The Kier molecular flexibility index (Phi) is 5.96. The van der Waals surface area contributed by atoms with E-state index in [1.54, 1.807) is 11.8 Å². The molecule has 0 aromatic rings. The van der Waals surface area contributed by atoms with Crippen LogP contribution >= 0.6 is 11.8 Å². The van der Waals surface area contributed by atoms with Crippen molar-refractivity contribution >= 4 is 21.6 Å². The maximum atomic E-state index is 11.3. The van der Waals surface area contributed by atoms with Gasteiger partial charge in [-0.25, -0.2) is 8.42 Å². The molecule has 0 spiro atoms. The summed E-state index contributed by atoms with van der Waals surface area (Å²) in [6, 6.07) is 0. The van der Waals surface area contributed by atoms with Crippen molar-refractivity contribution in [2.75, 3.05) is 30.1 Å². The van der Waals surface area contributed by atoms with Gasteiger partial charge in [-0.3, -0.25) is 0 Å². The summed E-state index contributed by atoms with van der Waals surface area (Å²) < 4.78 is 22.6. The molecular weight excluding hydrogens is 194 g/mol. The third kappa shape index (κ3) is 5.85. The first-order chi connectivity index (χ1) is 5.52. The van der Waals surface area contributed by atoms with E-state index in [0.717, 1.165) is 0 Å². The lowest BCUT2D eigenvalue weighted by atomic mass is 10.2. The van der Waals surface area contributed by atoms with Crippen LogP contribution in [0, 0.1) is 5.92 Å². The summed E-state index contributed by atoms with van der Waals surface area (Å²) in [5, 5.41) is 0. The summed E-state index contributed by atoms with van der Waals surface area (Å²) in [6.07, 6.45) is 1.90. The van der Waals surface area contributed by atoms with Crippen LogP contribution in [0.5, 0.6) is 0 Å². The molecule has 0 aromatic heterocycles. The van der Waals surface area contributed by atoms with Gasteiger partial charge in [0.25, 0.3) is 0 Å². The maximum absolute atomic E-state index is 11.3. The van der Waals surface area contributed by atoms with E-state index in [2.05, 4.69) is 0 Å². The summed E-state index contributed by atoms with van der Waals surface area (Å²) in [7, 11) is -2.86. The van der Waals surface area contributed by atoms with E-state index in [9.17, 15) is 8.42 Å². The maximum Gasteiger partial charge on any atom is 0.151 e. The minimum Gasteiger partial charge on any atom is -0.330 e. The van der Waals surface area contributed by atoms with Crippen LogP contribution in [0.15, 0.2) is 0 Å². The fourth-order valence-electron chi connectivity index (χ4n) is 0.795. The minimum absolute atomic E-state index is 0.0804. The van der Waals surface area contributed by atoms with Crippen molar-refractivity contribution in [3.63, 3.8) is 0 Å². The molecule has 5 heteroatoms. The third-order valence-corrected chi connectivity index (χ3v) is 4.31. The van der Waals surface area contributed by atoms with E-state index in [1.807, 2.05) is 13.2 Å². The highest BCUT2D eigenvalue weighted by Gasteiger charge is 2.13. The number of sulfone groups is 1. The third-order valence-electron chi connectivity index (χ3n) is 1.54. The van der Waals surface area contributed by atoms with Crippen molar-refractivity contribution in [3.05, 3.63) is 0 Å². The van der Waals surface area contributed by atoms with E-state index >= 15 is 0 Å². The van der Waals surface area contributed by atoms with Crippen LogP contribution in [0.3, 0.4) is 0 Å². The van der Waals surface area contributed by atoms with Gasteiger partial charge in [-0.05, 0) is 18.7 Å². The highest BCUT2D eigenvalue weighted by molar-refractivity contribution is 8.00. The molecule has 0 aliphatic rings. The molecule has 12 heavy (non-hydrogen) atoms. The van der Waals surface area contributed by atoms with Crippen LogP contribution in [-0.4, -0.2) is 38.5 Å². The summed E-state index contributed by atoms with van der Waals surface area (Å²) in [6.45, 7) is 2.30. The van der Waals surface area contributed by atoms with Crippen molar-refractivity contribution in [1.29, 1.82) is 0 Å². The Morgan fingerprint density at radius 1 is 1.50 bits per heavy atom. The molecule has 0 aromatic carbocycles. The van der Waals surface area contributed by atoms with Crippen molar-refractivity contribution < 1.29 is 8.42 Å². The zero-order chi connectivity index (χ0) is 9.61. The molecule has 0 heterocycles. The van der Waals surface area contributed by atoms with Crippen LogP contribution in [0.2, 0.25) is 0 Å². The Morgan fingerprint density at radius 2 is 2.08 bits per heavy atom. The Labute approximate surface area is 79.0 Å². The molecule has 74 valence electrons. The van der Waals surface area contributed by atoms with E-state index in [-0.39, 0.29) is 17.4 Å². The van der Waals surface area contributed by atoms with Gasteiger partial charge in [-0.2, -0.15) is 11.8 Å². The highest BCUT2D eigenvalue weighted by atomic mass is 32.2. The summed E-state index contributed by atoms with van der Waals surface area (Å²) in [5.41, 5.74) is 5.34. The Bertz CT molecular complexity index is 201. The van der Waals surface area contributed by atoms with Crippen LogP contribution < -0.4 is 5.73 Å². The molecule has 1 unspecified atom stereocenters. The summed E-state index contributed by atoms with van der Waals surface area (Å²) in [5.74, 6) is 1.26. The van der Waals surface area contributed by atoms with Crippen LogP contribution in [0.25, 0.3) is 0 Å². The number of hydrogen-bond acceptors (Lipinski definition) is 4. The van der Waals surface area contributed by atoms with Crippen LogP contribution in [0.4, 0.5) is 0 Å². The first kappa shape index (κ1) is 12.3. The molecule has 2 N–H and O–H groups in total. The van der Waals surface area contributed by atoms with Gasteiger partial charge >= 0.3 is 0 Å². The number of nitrogens with two attached hydrogens (primary N) is 1. The van der Waals surface area contributed by atoms with Gasteiger partial charge in [0.1, 0.15) is 0 Å². The molecule has 0 aliphatic carbocycles. The first-order valence-corrected chi connectivity index (χ1v) is 7.12. The highest BCUT2D eigenvalue weighted by Crippen LogP contribution is 2.03. The zero-order valence-electron chi connectivity index (χ0n) is 7.62. The van der Waals surface area contributed by atoms with Crippen molar-refractivity contribution in [1.82, 2.24) is 0 Å². The van der Waals surface area contributed by atoms with E-state index in [4.69, 9.17) is 5.73 Å². The molecule has 0 saturated heterocycles. The molecular formula is C7H17NO2S2. The lowest BCUT2D eigenvalue weighted by Gasteiger charge is -2.08. The largest absolute Gasteiger partial charge is 0.330 e. The molecule has 0 fully saturated rings. The monoisotopic (exact) mass is 211 g/mol. The second-order valence-corrected chi connectivity index (χ2v) is 6.16. The van der Waals surface area contributed by atoms with E-state index in [1.165, 1.54) is 0 Å². The van der Waals surface area contributed by atoms with Gasteiger partial charge in [0, 0.05) is 5.75 Å². The number of hydrogen-bond donors (Lipinski definition) is 1. The molecule has 3 nitrogen and oxygen atoms in total. The first-order valence-electron chi connectivity index (χ1n) is 3.91. The van der Waals surface area contributed by atoms with Crippen LogP contribution in [0.1, 0.15) is 6.92 Å². The van der Waals surface area contributed by atoms with Gasteiger partial charge in [0.05, 0.1) is 11.5 Å². The van der Waals surface area contributed by atoms with Gasteiger partial charge < -0.3 is 5.73 Å². The van der Waals surface area contributed by atoms with Crippen molar-refractivity contribution in [3.8, 4) is 0 Å². The van der Waals surface area contributed by atoms with E-state index in [0.29, 0.717) is 12.3 Å². The van der Waals surface area contributed by atoms with Crippen molar-refractivity contribution in [2.45, 2.75) is 6.92 Å². The van der Waals surface area contributed by atoms with Gasteiger partial charge in [-0.15, -0.1) is 0 Å². The SMILES string of the molecule is CSCCS(=O)(=O)CC(C)CN.